The lowest BCUT2D eigenvalue weighted by Crippen LogP contribution is -2.33. The molecule has 1 aromatic heterocycles. The monoisotopic (exact) mass is 296 g/mol. The van der Waals surface area contributed by atoms with Gasteiger partial charge in [-0.05, 0) is 32.4 Å². The number of aromatic nitrogens is 2. The molecule has 2 heterocycles. The van der Waals surface area contributed by atoms with E-state index in [-0.39, 0.29) is 0 Å². The minimum Gasteiger partial charge on any atom is -0.339 e. The molecule has 1 aliphatic carbocycles. The smallest absolute Gasteiger partial charge is 0.230 e. The fourth-order valence-corrected chi connectivity index (χ4v) is 4.52. The quantitative estimate of drug-likeness (QED) is 0.920. The van der Waals surface area contributed by atoms with Crippen LogP contribution in [0.5, 0.6) is 0 Å². The summed E-state index contributed by atoms with van der Waals surface area (Å²) in [5.41, 5.74) is 5.90. The van der Waals surface area contributed by atoms with Gasteiger partial charge < -0.3 is 10.3 Å². The second kappa shape index (κ2) is 6.45. The van der Waals surface area contributed by atoms with E-state index in [1.54, 1.807) is 0 Å². The van der Waals surface area contributed by atoms with Gasteiger partial charge in [0.05, 0.1) is 6.04 Å². The van der Waals surface area contributed by atoms with Gasteiger partial charge >= 0.3 is 0 Å². The van der Waals surface area contributed by atoms with Crippen LogP contribution in [0.3, 0.4) is 0 Å². The molecule has 3 rings (SSSR count). The summed E-state index contributed by atoms with van der Waals surface area (Å²) in [7, 11) is 2.14. The Balaban J connectivity index is 1.75. The molecule has 6 heteroatoms. The van der Waals surface area contributed by atoms with E-state index in [9.17, 15) is 0 Å². The lowest BCUT2D eigenvalue weighted by Gasteiger charge is -2.29. The number of rotatable bonds is 3. The van der Waals surface area contributed by atoms with Crippen LogP contribution in [0.25, 0.3) is 0 Å². The minimum absolute atomic E-state index is 0.297. The Morgan fingerprint density at radius 1 is 1.40 bits per heavy atom. The van der Waals surface area contributed by atoms with Crippen molar-refractivity contribution in [1.29, 1.82) is 0 Å². The van der Waals surface area contributed by atoms with Gasteiger partial charge in [0.2, 0.25) is 5.89 Å². The van der Waals surface area contributed by atoms with Crippen molar-refractivity contribution in [2.24, 2.45) is 11.7 Å². The van der Waals surface area contributed by atoms with Crippen LogP contribution in [0.15, 0.2) is 4.52 Å². The molecule has 0 amide bonds. The Kier molecular flexibility index (Phi) is 4.63. The third kappa shape index (κ3) is 2.87. The van der Waals surface area contributed by atoms with Crippen molar-refractivity contribution in [2.45, 2.75) is 37.6 Å². The Bertz CT molecular complexity index is 439. The number of nitrogens with two attached hydrogens (primary N) is 1. The van der Waals surface area contributed by atoms with Gasteiger partial charge in [-0.2, -0.15) is 16.7 Å². The molecule has 1 saturated carbocycles. The second-order valence-electron chi connectivity index (χ2n) is 5.95. The maximum atomic E-state index is 5.90. The molecule has 5 nitrogen and oxygen atoms in total. The van der Waals surface area contributed by atoms with Gasteiger partial charge in [-0.25, -0.2) is 0 Å². The van der Waals surface area contributed by atoms with E-state index in [0.717, 1.165) is 37.0 Å². The Labute approximate surface area is 124 Å². The molecule has 1 aliphatic heterocycles. The fourth-order valence-electron chi connectivity index (χ4n) is 3.31. The van der Waals surface area contributed by atoms with Gasteiger partial charge in [0.1, 0.15) is 0 Å². The van der Waals surface area contributed by atoms with E-state index in [4.69, 9.17) is 15.2 Å². The third-order valence-electron chi connectivity index (χ3n) is 4.68. The minimum atomic E-state index is 0.297. The summed E-state index contributed by atoms with van der Waals surface area (Å²) in [5.74, 6) is 4.80. The SMILES string of the molecule is CN1CCSCC1c1noc(C2CCCCC2CN)n1. The van der Waals surface area contributed by atoms with Crippen molar-refractivity contribution >= 4 is 11.8 Å². The van der Waals surface area contributed by atoms with Gasteiger partial charge in [0.25, 0.3) is 0 Å². The summed E-state index contributed by atoms with van der Waals surface area (Å²) < 4.78 is 5.59. The molecule has 2 N–H and O–H groups in total. The van der Waals surface area contributed by atoms with E-state index in [0.29, 0.717) is 17.9 Å². The molecule has 112 valence electrons. The molecule has 2 fully saturated rings. The molecule has 3 atom stereocenters. The fraction of sp³-hybridized carbons (Fsp3) is 0.857. The summed E-state index contributed by atoms with van der Waals surface area (Å²) in [6, 6.07) is 0.297. The number of hydrogen-bond acceptors (Lipinski definition) is 6. The molecule has 0 aromatic carbocycles. The first-order valence-electron chi connectivity index (χ1n) is 7.61. The van der Waals surface area contributed by atoms with Crippen LogP contribution in [0.1, 0.15) is 49.4 Å². The van der Waals surface area contributed by atoms with E-state index in [1.165, 1.54) is 25.0 Å². The van der Waals surface area contributed by atoms with E-state index >= 15 is 0 Å². The van der Waals surface area contributed by atoms with E-state index in [2.05, 4.69) is 17.1 Å². The maximum absolute atomic E-state index is 5.90. The lowest BCUT2D eigenvalue weighted by molar-refractivity contribution is 0.241. The largest absolute Gasteiger partial charge is 0.339 e. The van der Waals surface area contributed by atoms with Gasteiger partial charge in [-0.3, -0.25) is 4.90 Å². The Morgan fingerprint density at radius 3 is 3.05 bits per heavy atom. The normalized spacial score (nSPS) is 32.4. The van der Waals surface area contributed by atoms with Crippen LogP contribution in [-0.4, -0.2) is 46.7 Å². The van der Waals surface area contributed by atoms with Crippen LogP contribution in [0, 0.1) is 5.92 Å². The maximum Gasteiger partial charge on any atom is 0.230 e. The highest BCUT2D eigenvalue weighted by Gasteiger charge is 2.32. The van der Waals surface area contributed by atoms with Crippen molar-refractivity contribution in [1.82, 2.24) is 15.0 Å². The first-order chi connectivity index (χ1) is 9.79. The molecule has 2 aliphatic rings. The molecule has 0 spiro atoms. The predicted molar refractivity (Wildman–Crippen MR) is 80.7 cm³/mol. The molecule has 1 saturated heterocycles. The van der Waals surface area contributed by atoms with Crippen molar-refractivity contribution in [3.8, 4) is 0 Å². The zero-order valence-electron chi connectivity index (χ0n) is 12.1. The Morgan fingerprint density at radius 2 is 2.25 bits per heavy atom. The van der Waals surface area contributed by atoms with Gasteiger partial charge in [-0.15, -0.1) is 0 Å². The average Bonchev–Trinajstić information content (AvgIpc) is 2.97. The zero-order valence-corrected chi connectivity index (χ0v) is 12.9. The molecule has 20 heavy (non-hydrogen) atoms. The zero-order chi connectivity index (χ0) is 13.9. The highest BCUT2D eigenvalue weighted by atomic mass is 32.2. The van der Waals surface area contributed by atoms with Crippen molar-refractivity contribution in [3.63, 3.8) is 0 Å². The summed E-state index contributed by atoms with van der Waals surface area (Å²) in [6.07, 6.45) is 4.86. The van der Waals surface area contributed by atoms with Gasteiger partial charge in [0.15, 0.2) is 5.82 Å². The average molecular weight is 296 g/mol. The topological polar surface area (TPSA) is 68.2 Å². The number of thioether (sulfide) groups is 1. The molecular formula is C14H24N4OS. The van der Waals surface area contributed by atoms with Gasteiger partial charge in [0, 0.05) is 24.0 Å². The number of hydrogen-bond donors (Lipinski definition) is 1. The summed E-state index contributed by atoms with van der Waals surface area (Å²) >= 11 is 1.97. The van der Waals surface area contributed by atoms with E-state index < -0.39 is 0 Å². The molecule has 1 aromatic rings. The third-order valence-corrected chi connectivity index (χ3v) is 5.70. The molecule has 0 bridgehead atoms. The van der Waals surface area contributed by atoms with Crippen LogP contribution in [0.2, 0.25) is 0 Å². The van der Waals surface area contributed by atoms with Crippen molar-refractivity contribution < 1.29 is 4.52 Å². The van der Waals surface area contributed by atoms with Crippen LogP contribution in [0.4, 0.5) is 0 Å². The molecule has 0 radical (unpaired) electrons. The predicted octanol–water partition coefficient (Wildman–Crippen LogP) is 2.02. The van der Waals surface area contributed by atoms with Crippen molar-refractivity contribution in [3.05, 3.63) is 11.7 Å². The first-order valence-corrected chi connectivity index (χ1v) is 8.76. The summed E-state index contributed by atoms with van der Waals surface area (Å²) in [5, 5.41) is 4.25. The van der Waals surface area contributed by atoms with Crippen LogP contribution in [-0.2, 0) is 0 Å². The van der Waals surface area contributed by atoms with Crippen molar-refractivity contribution in [2.75, 3.05) is 31.6 Å². The summed E-state index contributed by atoms with van der Waals surface area (Å²) in [6.45, 7) is 1.82. The lowest BCUT2D eigenvalue weighted by atomic mass is 9.79. The molecule has 3 unspecified atom stereocenters. The number of nitrogens with zero attached hydrogens (tertiary/aromatic N) is 3. The van der Waals surface area contributed by atoms with Crippen LogP contribution < -0.4 is 5.73 Å². The Hall–Kier alpha value is -0.590. The van der Waals surface area contributed by atoms with E-state index in [1.807, 2.05) is 11.8 Å². The highest BCUT2D eigenvalue weighted by molar-refractivity contribution is 7.99. The highest BCUT2D eigenvalue weighted by Crippen LogP contribution is 2.37. The summed E-state index contributed by atoms with van der Waals surface area (Å²) in [4.78, 5) is 7.04. The second-order valence-corrected chi connectivity index (χ2v) is 7.10. The standard InChI is InChI=1S/C14H24N4OS/c1-18-6-7-20-9-12(18)13-16-14(19-17-13)11-5-3-2-4-10(11)8-15/h10-12H,2-9,15H2,1H3. The van der Waals surface area contributed by atoms with Crippen LogP contribution >= 0.6 is 11.8 Å². The molecular weight excluding hydrogens is 272 g/mol. The first kappa shape index (κ1) is 14.4. The van der Waals surface area contributed by atoms with Gasteiger partial charge in [-0.1, -0.05) is 18.0 Å².